The van der Waals surface area contributed by atoms with Gasteiger partial charge in [-0.1, -0.05) is 13.8 Å². The SMILES string of the molecule is CC(C)C(=O)O[PH](=O)O. The third kappa shape index (κ3) is 4.18. The van der Waals surface area contributed by atoms with E-state index in [1.807, 2.05) is 0 Å². The summed E-state index contributed by atoms with van der Waals surface area (Å²) < 4.78 is 13.8. The minimum absolute atomic E-state index is 0.342. The fourth-order valence-electron chi connectivity index (χ4n) is 0.204. The van der Waals surface area contributed by atoms with Crippen molar-refractivity contribution in [3.63, 3.8) is 0 Å². The molecule has 4 nitrogen and oxygen atoms in total. The van der Waals surface area contributed by atoms with Gasteiger partial charge in [0, 0.05) is 0 Å². The van der Waals surface area contributed by atoms with Crippen molar-refractivity contribution < 1.29 is 18.8 Å². The monoisotopic (exact) mass is 152 g/mol. The summed E-state index contributed by atoms with van der Waals surface area (Å²) in [5, 5.41) is 0. The van der Waals surface area contributed by atoms with E-state index in [9.17, 15) is 9.36 Å². The predicted octanol–water partition coefficient (Wildman–Crippen LogP) is 0.568. The Kier molecular flexibility index (Phi) is 3.50. The Hall–Kier alpha value is -0.340. The molecule has 0 aromatic rings. The summed E-state index contributed by atoms with van der Waals surface area (Å²) >= 11 is 0. The highest BCUT2D eigenvalue weighted by Gasteiger charge is 2.09. The molecule has 0 heterocycles. The minimum Gasteiger partial charge on any atom is -0.393 e. The number of carbonyl (C=O) groups excluding carboxylic acids is 1. The van der Waals surface area contributed by atoms with Crippen LogP contribution >= 0.6 is 8.25 Å². The lowest BCUT2D eigenvalue weighted by Crippen LogP contribution is -2.06. The molecule has 0 amide bonds. The van der Waals surface area contributed by atoms with Crippen LogP contribution in [-0.2, 0) is 13.9 Å². The van der Waals surface area contributed by atoms with Gasteiger partial charge in [-0.3, -0.25) is 4.79 Å². The number of rotatable bonds is 2. The molecule has 1 N–H and O–H groups in total. The lowest BCUT2D eigenvalue weighted by atomic mass is 10.2. The molecule has 0 aromatic heterocycles. The third-order valence-electron chi connectivity index (χ3n) is 0.659. The maximum absolute atomic E-state index is 10.4. The van der Waals surface area contributed by atoms with Gasteiger partial charge in [-0.2, -0.15) is 0 Å². The molecule has 0 aliphatic carbocycles. The van der Waals surface area contributed by atoms with E-state index in [1.165, 1.54) is 0 Å². The van der Waals surface area contributed by atoms with Gasteiger partial charge in [0.15, 0.2) is 0 Å². The van der Waals surface area contributed by atoms with Gasteiger partial charge >= 0.3 is 14.2 Å². The van der Waals surface area contributed by atoms with E-state index in [2.05, 4.69) is 4.52 Å². The zero-order valence-corrected chi connectivity index (χ0v) is 6.25. The van der Waals surface area contributed by atoms with E-state index in [0.29, 0.717) is 0 Å². The molecule has 1 unspecified atom stereocenters. The average Bonchev–Trinajstić information content (AvgIpc) is 1.63. The van der Waals surface area contributed by atoms with Crippen LogP contribution in [0.15, 0.2) is 0 Å². The van der Waals surface area contributed by atoms with Crippen LogP contribution in [0.2, 0.25) is 0 Å². The zero-order chi connectivity index (χ0) is 7.44. The predicted molar refractivity (Wildman–Crippen MR) is 32.2 cm³/mol. The Labute approximate surface area is 53.8 Å². The smallest absolute Gasteiger partial charge is 0.367 e. The van der Waals surface area contributed by atoms with E-state index in [0.717, 1.165) is 0 Å². The first-order valence-corrected chi connectivity index (χ1v) is 3.75. The Morgan fingerprint density at radius 1 is 1.67 bits per heavy atom. The maximum atomic E-state index is 10.4. The molecular weight excluding hydrogens is 143 g/mol. The molecule has 5 heteroatoms. The van der Waals surface area contributed by atoms with Gasteiger partial charge < -0.3 is 9.42 Å². The molecule has 0 radical (unpaired) electrons. The summed E-state index contributed by atoms with van der Waals surface area (Å²) in [4.78, 5) is 18.5. The van der Waals surface area contributed by atoms with Crippen LogP contribution < -0.4 is 0 Å². The molecular formula is C4H9O4P. The Morgan fingerprint density at radius 2 is 2.11 bits per heavy atom. The Balaban J connectivity index is 3.64. The second-order valence-corrected chi connectivity index (χ2v) is 2.58. The minimum atomic E-state index is -3.08. The lowest BCUT2D eigenvalue weighted by Gasteiger charge is -2.00. The van der Waals surface area contributed by atoms with Crippen LogP contribution in [0.25, 0.3) is 0 Å². The summed E-state index contributed by atoms with van der Waals surface area (Å²) in [5.41, 5.74) is 0. The summed E-state index contributed by atoms with van der Waals surface area (Å²) in [7, 11) is -3.08. The van der Waals surface area contributed by atoms with Crippen LogP contribution in [0, 0.1) is 5.92 Å². The average molecular weight is 152 g/mol. The van der Waals surface area contributed by atoms with Crippen LogP contribution in [0.3, 0.4) is 0 Å². The van der Waals surface area contributed by atoms with E-state index in [4.69, 9.17) is 4.89 Å². The van der Waals surface area contributed by atoms with Crippen molar-refractivity contribution in [3.8, 4) is 0 Å². The molecule has 0 rings (SSSR count). The van der Waals surface area contributed by atoms with Crippen molar-refractivity contribution in [3.05, 3.63) is 0 Å². The summed E-state index contributed by atoms with van der Waals surface area (Å²) in [6.45, 7) is 3.18. The summed E-state index contributed by atoms with van der Waals surface area (Å²) in [6.07, 6.45) is 0. The van der Waals surface area contributed by atoms with Crippen molar-refractivity contribution in [2.24, 2.45) is 5.92 Å². The highest BCUT2D eigenvalue weighted by Crippen LogP contribution is 2.16. The fourth-order valence-corrected chi connectivity index (χ4v) is 0.612. The Morgan fingerprint density at radius 3 is 2.22 bits per heavy atom. The molecule has 0 saturated carbocycles. The van der Waals surface area contributed by atoms with Crippen molar-refractivity contribution in [1.82, 2.24) is 0 Å². The van der Waals surface area contributed by atoms with Gasteiger partial charge in [0.25, 0.3) is 0 Å². The number of hydrogen-bond donors (Lipinski definition) is 1. The van der Waals surface area contributed by atoms with Crippen molar-refractivity contribution in [2.45, 2.75) is 13.8 Å². The third-order valence-corrected chi connectivity index (χ3v) is 1.04. The number of carbonyl (C=O) groups is 1. The molecule has 1 atom stereocenters. The fraction of sp³-hybridized carbons (Fsp3) is 0.750. The molecule has 54 valence electrons. The molecule has 0 spiro atoms. The topological polar surface area (TPSA) is 63.6 Å². The van der Waals surface area contributed by atoms with Gasteiger partial charge in [-0.15, -0.1) is 0 Å². The zero-order valence-electron chi connectivity index (χ0n) is 5.25. The van der Waals surface area contributed by atoms with Crippen LogP contribution in [0.5, 0.6) is 0 Å². The largest absolute Gasteiger partial charge is 0.393 e. The molecule has 0 aliphatic rings. The van der Waals surface area contributed by atoms with Crippen LogP contribution in [-0.4, -0.2) is 10.9 Å². The summed E-state index contributed by atoms with van der Waals surface area (Å²) in [6, 6.07) is 0. The number of hydrogen-bond acceptors (Lipinski definition) is 3. The second-order valence-electron chi connectivity index (χ2n) is 1.84. The van der Waals surface area contributed by atoms with Crippen LogP contribution in [0.1, 0.15) is 13.8 Å². The maximum Gasteiger partial charge on any atom is 0.367 e. The first-order valence-electron chi connectivity index (χ1n) is 2.48. The van der Waals surface area contributed by atoms with E-state index < -0.39 is 14.2 Å². The molecule has 9 heavy (non-hydrogen) atoms. The van der Waals surface area contributed by atoms with E-state index >= 15 is 0 Å². The summed E-state index contributed by atoms with van der Waals surface area (Å²) in [5.74, 6) is -0.979. The molecule has 0 bridgehead atoms. The highest BCUT2D eigenvalue weighted by atomic mass is 31.1. The molecule has 0 saturated heterocycles. The van der Waals surface area contributed by atoms with Crippen molar-refractivity contribution in [2.75, 3.05) is 0 Å². The van der Waals surface area contributed by atoms with Gasteiger partial charge in [0.2, 0.25) is 0 Å². The van der Waals surface area contributed by atoms with Gasteiger partial charge in [0.05, 0.1) is 5.92 Å². The van der Waals surface area contributed by atoms with Crippen molar-refractivity contribution in [1.29, 1.82) is 0 Å². The quantitative estimate of drug-likeness (QED) is 0.587. The van der Waals surface area contributed by atoms with Gasteiger partial charge in [-0.05, 0) is 0 Å². The highest BCUT2D eigenvalue weighted by molar-refractivity contribution is 7.32. The Bertz CT molecular complexity index is 131. The normalized spacial score (nSPS) is 13.3. The van der Waals surface area contributed by atoms with Gasteiger partial charge in [0.1, 0.15) is 0 Å². The van der Waals surface area contributed by atoms with Crippen molar-refractivity contribution >= 4 is 14.2 Å². The second kappa shape index (κ2) is 3.64. The van der Waals surface area contributed by atoms with Crippen LogP contribution in [0.4, 0.5) is 0 Å². The molecule has 0 fully saturated rings. The van der Waals surface area contributed by atoms with Gasteiger partial charge in [-0.25, -0.2) is 4.57 Å². The first-order chi connectivity index (χ1) is 4.04. The molecule has 0 aromatic carbocycles. The van der Waals surface area contributed by atoms with E-state index in [1.54, 1.807) is 13.8 Å². The van der Waals surface area contributed by atoms with E-state index in [-0.39, 0.29) is 5.92 Å². The molecule has 0 aliphatic heterocycles. The standard InChI is InChI=1S/C4H9O4P/c1-3(2)4(5)8-9(6)7/h3,9H,1-2H3,(H,6,7). The first kappa shape index (κ1) is 8.66. The lowest BCUT2D eigenvalue weighted by molar-refractivity contribution is -0.137.